The van der Waals surface area contributed by atoms with Crippen LogP contribution in [0.5, 0.6) is 0 Å². The van der Waals surface area contributed by atoms with Gasteiger partial charge in [-0.15, -0.1) is 0 Å². The number of hydrogen-bond donors (Lipinski definition) is 3. The molecule has 0 fully saturated rings. The molecule has 4 unspecified atom stereocenters. The second-order valence-corrected chi connectivity index (χ2v) is 31.0. The Balaban J connectivity index is 5.23. The van der Waals surface area contributed by atoms with Gasteiger partial charge < -0.3 is 33.8 Å². The number of phosphoric acid groups is 2. The number of aliphatic hydroxyl groups excluding tert-OH is 1. The molecule has 0 spiro atoms. The molecule has 93 heavy (non-hydrogen) atoms. The van der Waals surface area contributed by atoms with E-state index in [2.05, 4.69) is 55.4 Å². The van der Waals surface area contributed by atoms with Crippen LogP contribution in [0.25, 0.3) is 0 Å². The summed E-state index contributed by atoms with van der Waals surface area (Å²) in [5.41, 5.74) is 0. The standard InChI is InChI=1S/C74H144O17P2/c1-9-66(7)52-44-36-30-32-39-47-55-72(77)85-61-70(91-74(79)57-49-41-33-31-37-45-53-67(8)10-2)63-89-93(82,83)87-59-68(75)58-86-92(80,81)88-62-69(90-73(78)56-48-40-29-25-21-17-16-19-23-27-35-43-51-65(5)6)60-84-71(76)54-46-38-28-24-20-15-13-11-12-14-18-22-26-34-42-50-64(3)4/h64-70,75H,9-63H2,1-8H3,(H,80,81)(H,82,83)/t66?,67?,68-,69-,70-/m1/s1. The molecule has 17 nitrogen and oxygen atoms in total. The van der Waals surface area contributed by atoms with E-state index in [4.69, 9.17) is 37.0 Å². The summed E-state index contributed by atoms with van der Waals surface area (Å²) >= 11 is 0. The SMILES string of the molecule is CCC(C)CCCCCCCCC(=O)OC[C@H](COP(=O)(O)OC[C@H](O)COP(=O)(O)OC[C@@H](COC(=O)CCCCCCCCCCCCCCCCCC(C)C)OC(=O)CCCCCCCCCCCCCCC(C)C)OC(=O)CCCCCCCCC(C)CC. The Kier molecular flexibility index (Phi) is 62.2. The quantitative estimate of drug-likeness (QED) is 0.0222. The summed E-state index contributed by atoms with van der Waals surface area (Å²) < 4.78 is 68.4. The third-order valence-electron chi connectivity index (χ3n) is 17.8. The van der Waals surface area contributed by atoms with Gasteiger partial charge in [-0.05, 0) is 49.4 Å². The molecule has 0 aliphatic heterocycles. The highest BCUT2D eigenvalue weighted by Crippen LogP contribution is 2.45. The highest BCUT2D eigenvalue weighted by atomic mass is 31.2. The molecule has 0 saturated carbocycles. The van der Waals surface area contributed by atoms with Crippen LogP contribution in [-0.4, -0.2) is 96.7 Å². The summed E-state index contributed by atoms with van der Waals surface area (Å²) in [4.78, 5) is 72.7. The van der Waals surface area contributed by atoms with Crippen LogP contribution >= 0.6 is 15.6 Å². The third kappa shape index (κ3) is 65.8. The first-order chi connectivity index (χ1) is 44.7. The van der Waals surface area contributed by atoms with Crippen molar-refractivity contribution >= 4 is 39.5 Å². The molecule has 0 aromatic heterocycles. The van der Waals surface area contributed by atoms with Crippen LogP contribution in [0.1, 0.15) is 370 Å². The van der Waals surface area contributed by atoms with E-state index in [1.54, 1.807) is 0 Å². The summed E-state index contributed by atoms with van der Waals surface area (Å²) in [6.45, 7) is 14.1. The zero-order valence-corrected chi connectivity index (χ0v) is 62.7. The number of ether oxygens (including phenoxy) is 4. The van der Waals surface area contributed by atoms with Crippen molar-refractivity contribution in [1.29, 1.82) is 0 Å². The fourth-order valence-electron chi connectivity index (χ4n) is 11.1. The Morgan fingerprint density at radius 2 is 0.516 bits per heavy atom. The Bertz CT molecular complexity index is 1840. The molecule has 0 radical (unpaired) electrons. The maximum absolute atomic E-state index is 13.1. The smallest absolute Gasteiger partial charge is 0.462 e. The maximum Gasteiger partial charge on any atom is 0.472 e. The van der Waals surface area contributed by atoms with Gasteiger partial charge in [-0.25, -0.2) is 9.13 Å². The van der Waals surface area contributed by atoms with E-state index in [0.717, 1.165) is 120 Å². The van der Waals surface area contributed by atoms with Gasteiger partial charge in [-0.2, -0.15) is 0 Å². The third-order valence-corrected chi connectivity index (χ3v) is 19.7. The van der Waals surface area contributed by atoms with Gasteiger partial charge in [0.2, 0.25) is 0 Å². The molecule has 0 aromatic carbocycles. The van der Waals surface area contributed by atoms with Crippen LogP contribution < -0.4 is 0 Å². The van der Waals surface area contributed by atoms with E-state index in [1.807, 2.05) is 0 Å². The number of aliphatic hydroxyl groups is 1. The zero-order valence-electron chi connectivity index (χ0n) is 60.9. The van der Waals surface area contributed by atoms with Gasteiger partial charge in [-0.3, -0.25) is 37.3 Å². The predicted octanol–water partition coefficient (Wildman–Crippen LogP) is 21.3. The second kappa shape index (κ2) is 63.5. The van der Waals surface area contributed by atoms with Crippen molar-refractivity contribution in [1.82, 2.24) is 0 Å². The molecule has 19 heteroatoms. The Labute approximate surface area is 568 Å². The highest BCUT2D eigenvalue weighted by molar-refractivity contribution is 7.47. The average Bonchev–Trinajstić information content (AvgIpc) is 1.52. The second-order valence-electron chi connectivity index (χ2n) is 28.1. The molecule has 0 aliphatic rings. The molecular weight excluding hydrogens is 1220 g/mol. The van der Waals surface area contributed by atoms with Crippen molar-refractivity contribution in [2.24, 2.45) is 23.7 Å². The van der Waals surface area contributed by atoms with Crippen LogP contribution in [0.2, 0.25) is 0 Å². The molecule has 0 aromatic rings. The van der Waals surface area contributed by atoms with Crippen molar-refractivity contribution in [3.8, 4) is 0 Å². The van der Waals surface area contributed by atoms with E-state index in [9.17, 15) is 43.2 Å². The van der Waals surface area contributed by atoms with E-state index >= 15 is 0 Å². The first-order valence-corrected chi connectivity index (χ1v) is 41.3. The molecule has 0 aliphatic carbocycles. The first-order valence-electron chi connectivity index (χ1n) is 38.3. The Morgan fingerprint density at radius 3 is 0.763 bits per heavy atom. The number of carbonyl (C=O) groups is 4. The minimum absolute atomic E-state index is 0.102. The maximum atomic E-state index is 13.1. The molecule has 0 rings (SSSR count). The predicted molar refractivity (Wildman–Crippen MR) is 377 cm³/mol. The summed E-state index contributed by atoms with van der Waals surface area (Å²) in [6.07, 6.45) is 47.3. The van der Waals surface area contributed by atoms with Gasteiger partial charge in [0.25, 0.3) is 0 Å². The zero-order chi connectivity index (χ0) is 68.9. The largest absolute Gasteiger partial charge is 0.472 e. The molecule has 0 amide bonds. The van der Waals surface area contributed by atoms with Crippen molar-refractivity contribution < 1.29 is 80.2 Å². The van der Waals surface area contributed by atoms with Crippen LogP contribution in [-0.2, 0) is 65.4 Å². The fourth-order valence-corrected chi connectivity index (χ4v) is 12.7. The average molecular weight is 1370 g/mol. The van der Waals surface area contributed by atoms with Crippen molar-refractivity contribution in [2.75, 3.05) is 39.6 Å². The van der Waals surface area contributed by atoms with Crippen LogP contribution in [0.15, 0.2) is 0 Å². The lowest BCUT2D eigenvalue weighted by molar-refractivity contribution is -0.161. The first kappa shape index (κ1) is 91.1. The van der Waals surface area contributed by atoms with Crippen molar-refractivity contribution in [2.45, 2.75) is 388 Å². The number of carbonyl (C=O) groups excluding carboxylic acids is 4. The minimum Gasteiger partial charge on any atom is -0.462 e. The van der Waals surface area contributed by atoms with Gasteiger partial charge in [0.1, 0.15) is 19.3 Å². The normalized spacial score (nSPS) is 14.8. The Morgan fingerprint density at radius 1 is 0.301 bits per heavy atom. The van der Waals surface area contributed by atoms with Crippen LogP contribution in [0.3, 0.4) is 0 Å². The van der Waals surface area contributed by atoms with E-state index in [1.165, 1.54) is 167 Å². The summed E-state index contributed by atoms with van der Waals surface area (Å²) in [5.74, 6) is 0.907. The van der Waals surface area contributed by atoms with E-state index < -0.39 is 97.5 Å². The van der Waals surface area contributed by atoms with Crippen molar-refractivity contribution in [3.63, 3.8) is 0 Å². The molecule has 3 N–H and O–H groups in total. The van der Waals surface area contributed by atoms with Crippen LogP contribution in [0.4, 0.5) is 0 Å². The molecule has 552 valence electrons. The lowest BCUT2D eigenvalue weighted by Gasteiger charge is -2.21. The Hall–Kier alpha value is -1.94. The number of esters is 4. The van der Waals surface area contributed by atoms with E-state index in [0.29, 0.717) is 25.7 Å². The molecule has 0 saturated heterocycles. The number of unbranched alkanes of at least 4 members (excludes halogenated alkanes) is 35. The topological polar surface area (TPSA) is 237 Å². The summed E-state index contributed by atoms with van der Waals surface area (Å²) in [5, 5.41) is 10.6. The minimum atomic E-state index is -4.96. The monoisotopic (exact) mass is 1370 g/mol. The molecular formula is C74H144O17P2. The number of hydrogen-bond acceptors (Lipinski definition) is 15. The van der Waals surface area contributed by atoms with Crippen molar-refractivity contribution in [3.05, 3.63) is 0 Å². The lowest BCUT2D eigenvalue weighted by Crippen LogP contribution is -2.30. The molecule has 0 heterocycles. The highest BCUT2D eigenvalue weighted by Gasteiger charge is 2.30. The van der Waals surface area contributed by atoms with Gasteiger partial charge >= 0.3 is 39.5 Å². The molecule has 7 atom stereocenters. The summed E-state index contributed by atoms with van der Waals surface area (Å²) in [7, 11) is -9.91. The number of rotatable bonds is 71. The summed E-state index contributed by atoms with van der Waals surface area (Å²) in [6, 6.07) is 0. The van der Waals surface area contributed by atoms with Gasteiger partial charge in [0, 0.05) is 25.7 Å². The van der Waals surface area contributed by atoms with Gasteiger partial charge in [0.15, 0.2) is 12.2 Å². The lowest BCUT2D eigenvalue weighted by atomic mass is 10.00. The van der Waals surface area contributed by atoms with Crippen LogP contribution in [0, 0.1) is 23.7 Å². The van der Waals surface area contributed by atoms with E-state index in [-0.39, 0.29) is 25.7 Å². The van der Waals surface area contributed by atoms with Gasteiger partial charge in [-0.1, -0.05) is 319 Å². The number of phosphoric ester groups is 2. The molecule has 0 bridgehead atoms. The fraction of sp³-hybridized carbons (Fsp3) is 0.946. The van der Waals surface area contributed by atoms with Gasteiger partial charge in [0.05, 0.1) is 26.4 Å².